The number of pyridine rings is 1. The van der Waals surface area contributed by atoms with E-state index in [0.29, 0.717) is 30.4 Å². The van der Waals surface area contributed by atoms with Gasteiger partial charge in [-0.25, -0.2) is 0 Å². The Balaban J connectivity index is 1.84. The number of benzene rings is 1. The van der Waals surface area contributed by atoms with Gasteiger partial charge in [-0.3, -0.25) is 0 Å². The van der Waals surface area contributed by atoms with E-state index in [4.69, 9.17) is 19.4 Å². The topological polar surface area (TPSA) is 84.6 Å². The molecule has 7 heteroatoms. The molecule has 0 bridgehead atoms. The zero-order valence-corrected chi connectivity index (χ0v) is 11.9. The molecule has 2 aromatic rings. The largest absolute Gasteiger partial charge is 0.491 e. The first-order valence-corrected chi connectivity index (χ1v) is 6.85. The number of hydrogen-bond donors (Lipinski definition) is 1. The van der Waals surface area contributed by atoms with Gasteiger partial charge in [0, 0.05) is 6.07 Å². The molecule has 0 amide bonds. The van der Waals surface area contributed by atoms with Gasteiger partial charge in [0.1, 0.15) is 17.4 Å². The van der Waals surface area contributed by atoms with Gasteiger partial charge in [-0.05, 0) is 36.1 Å². The lowest BCUT2D eigenvalue weighted by Gasteiger charge is -2.09. The van der Waals surface area contributed by atoms with Gasteiger partial charge in [0.15, 0.2) is 0 Å². The van der Waals surface area contributed by atoms with Crippen LogP contribution in [0.1, 0.15) is 18.1 Å². The summed E-state index contributed by atoms with van der Waals surface area (Å²) in [6.45, 7) is 2.58. The number of aromatic nitrogens is 1. The van der Waals surface area contributed by atoms with Crippen LogP contribution in [0.5, 0.6) is 17.5 Å². The SMILES string of the molecule is CCOc1nc(Oc2ccc3c(c2)COB3O)ccc1C#N. The van der Waals surface area contributed by atoms with Crippen LogP contribution in [0.4, 0.5) is 0 Å². The normalized spacial score (nSPS) is 12.7. The smallest absolute Gasteiger partial charge is 0.477 e. The Kier molecular flexibility index (Phi) is 3.96. The first-order chi connectivity index (χ1) is 10.7. The maximum absolute atomic E-state index is 9.59. The van der Waals surface area contributed by atoms with E-state index in [1.165, 1.54) is 0 Å². The van der Waals surface area contributed by atoms with Gasteiger partial charge in [-0.2, -0.15) is 10.2 Å². The molecule has 22 heavy (non-hydrogen) atoms. The molecular formula is C15H13BN2O4. The van der Waals surface area contributed by atoms with Crippen LogP contribution in [0.2, 0.25) is 0 Å². The van der Waals surface area contributed by atoms with Gasteiger partial charge in [0.25, 0.3) is 0 Å². The molecule has 1 N–H and O–H groups in total. The lowest BCUT2D eigenvalue weighted by Crippen LogP contribution is -2.27. The molecule has 3 rings (SSSR count). The molecule has 1 aliphatic rings. The highest BCUT2D eigenvalue weighted by atomic mass is 16.5. The van der Waals surface area contributed by atoms with Crippen molar-refractivity contribution in [3.63, 3.8) is 0 Å². The molecule has 0 unspecified atom stereocenters. The van der Waals surface area contributed by atoms with Crippen molar-refractivity contribution >= 4 is 12.6 Å². The van der Waals surface area contributed by atoms with E-state index in [2.05, 4.69) is 4.98 Å². The van der Waals surface area contributed by atoms with Crippen LogP contribution in [-0.2, 0) is 11.3 Å². The van der Waals surface area contributed by atoms with E-state index in [1.54, 1.807) is 30.3 Å². The summed E-state index contributed by atoms with van der Waals surface area (Å²) in [5, 5.41) is 18.6. The van der Waals surface area contributed by atoms with Crippen molar-refractivity contribution in [3.05, 3.63) is 41.5 Å². The van der Waals surface area contributed by atoms with Crippen molar-refractivity contribution in [2.75, 3.05) is 6.61 Å². The van der Waals surface area contributed by atoms with Gasteiger partial charge in [0.2, 0.25) is 11.8 Å². The first-order valence-electron chi connectivity index (χ1n) is 6.85. The Hall–Kier alpha value is -2.56. The minimum atomic E-state index is -0.873. The minimum absolute atomic E-state index is 0.252. The quantitative estimate of drug-likeness (QED) is 0.858. The third kappa shape index (κ3) is 2.75. The van der Waals surface area contributed by atoms with Crippen LogP contribution >= 0.6 is 0 Å². The molecule has 2 heterocycles. The third-order valence-electron chi connectivity index (χ3n) is 3.24. The molecule has 1 aromatic heterocycles. The first kappa shape index (κ1) is 14.4. The van der Waals surface area contributed by atoms with Crippen LogP contribution < -0.4 is 14.9 Å². The molecule has 0 saturated carbocycles. The second-order valence-electron chi connectivity index (χ2n) is 4.67. The number of hydrogen-bond acceptors (Lipinski definition) is 6. The zero-order valence-electron chi connectivity index (χ0n) is 11.9. The molecule has 0 fully saturated rings. The van der Waals surface area contributed by atoms with E-state index in [-0.39, 0.29) is 5.88 Å². The fraction of sp³-hybridized carbons (Fsp3) is 0.200. The Morgan fingerprint density at radius 2 is 2.27 bits per heavy atom. The standard InChI is InChI=1S/C15H13BN2O4/c1-2-20-15-10(8-17)3-6-14(18-15)22-12-4-5-13-11(7-12)9-21-16(13)19/h3-7,19H,2,9H2,1H3. The minimum Gasteiger partial charge on any atom is -0.477 e. The Labute approximate surface area is 128 Å². The van der Waals surface area contributed by atoms with Crippen molar-refractivity contribution < 1.29 is 19.2 Å². The van der Waals surface area contributed by atoms with Crippen LogP contribution in [0.15, 0.2) is 30.3 Å². The van der Waals surface area contributed by atoms with Crippen molar-refractivity contribution in [2.24, 2.45) is 0 Å². The van der Waals surface area contributed by atoms with E-state index >= 15 is 0 Å². The summed E-state index contributed by atoms with van der Waals surface area (Å²) in [5.74, 6) is 1.17. The molecule has 0 radical (unpaired) electrons. The predicted octanol–water partition coefficient (Wildman–Crippen LogP) is 1.36. The summed E-state index contributed by atoms with van der Waals surface area (Å²) in [6.07, 6.45) is 0. The second-order valence-corrected chi connectivity index (χ2v) is 4.67. The van der Waals surface area contributed by atoms with Crippen LogP contribution in [-0.4, -0.2) is 23.7 Å². The molecule has 110 valence electrons. The summed E-state index contributed by atoms with van der Waals surface area (Å²) in [4.78, 5) is 4.19. The van der Waals surface area contributed by atoms with Crippen molar-refractivity contribution in [2.45, 2.75) is 13.5 Å². The van der Waals surface area contributed by atoms with Gasteiger partial charge in [0.05, 0.1) is 13.2 Å². The third-order valence-corrected chi connectivity index (χ3v) is 3.24. The molecule has 0 saturated heterocycles. The number of nitriles is 1. The van der Waals surface area contributed by atoms with Crippen LogP contribution in [0, 0.1) is 11.3 Å². The molecule has 0 atom stereocenters. The Bertz CT molecular complexity index is 745. The highest BCUT2D eigenvalue weighted by Gasteiger charge is 2.27. The predicted molar refractivity (Wildman–Crippen MR) is 79.0 cm³/mol. The summed E-state index contributed by atoms with van der Waals surface area (Å²) in [6, 6.07) is 10.5. The fourth-order valence-electron chi connectivity index (χ4n) is 2.20. The summed E-state index contributed by atoms with van der Waals surface area (Å²) >= 11 is 0. The van der Waals surface area contributed by atoms with Crippen molar-refractivity contribution in [3.8, 4) is 23.6 Å². The van der Waals surface area contributed by atoms with Gasteiger partial charge < -0.3 is 19.2 Å². The highest BCUT2D eigenvalue weighted by Crippen LogP contribution is 2.25. The summed E-state index contributed by atoms with van der Waals surface area (Å²) in [5.41, 5.74) is 1.98. The molecule has 1 aromatic carbocycles. The average molecular weight is 296 g/mol. The Morgan fingerprint density at radius 1 is 1.41 bits per heavy atom. The van der Waals surface area contributed by atoms with Crippen LogP contribution in [0.3, 0.4) is 0 Å². The van der Waals surface area contributed by atoms with Gasteiger partial charge in [-0.1, -0.05) is 6.07 Å². The summed E-state index contributed by atoms with van der Waals surface area (Å²) in [7, 11) is -0.873. The molecule has 1 aliphatic heterocycles. The molecule has 0 spiro atoms. The maximum Gasteiger partial charge on any atom is 0.491 e. The monoisotopic (exact) mass is 296 g/mol. The number of ether oxygens (including phenoxy) is 2. The fourth-order valence-corrected chi connectivity index (χ4v) is 2.20. The number of nitrogens with zero attached hydrogens (tertiary/aromatic N) is 2. The summed E-state index contributed by atoms with van der Waals surface area (Å²) < 4.78 is 16.2. The van der Waals surface area contributed by atoms with Gasteiger partial charge >= 0.3 is 7.12 Å². The lowest BCUT2D eigenvalue weighted by atomic mass is 9.80. The van der Waals surface area contributed by atoms with E-state index in [9.17, 15) is 5.02 Å². The van der Waals surface area contributed by atoms with Crippen molar-refractivity contribution in [1.82, 2.24) is 4.98 Å². The Morgan fingerprint density at radius 3 is 3.05 bits per heavy atom. The number of fused-ring (bicyclic) bond motifs is 1. The van der Waals surface area contributed by atoms with Crippen LogP contribution in [0.25, 0.3) is 0 Å². The molecule has 6 nitrogen and oxygen atoms in total. The zero-order chi connectivity index (χ0) is 15.5. The molecular weight excluding hydrogens is 283 g/mol. The lowest BCUT2D eigenvalue weighted by molar-refractivity contribution is 0.275. The second kappa shape index (κ2) is 6.06. The van der Waals surface area contributed by atoms with E-state index in [0.717, 1.165) is 11.0 Å². The van der Waals surface area contributed by atoms with Crippen molar-refractivity contribution in [1.29, 1.82) is 5.26 Å². The van der Waals surface area contributed by atoms with E-state index < -0.39 is 7.12 Å². The van der Waals surface area contributed by atoms with E-state index in [1.807, 2.05) is 13.0 Å². The molecule has 0 aliphatic carbocycles. The van der Waals surface area contributed by atoms with Gasteiger partial charge in [-0.15, -0.1) is 0 Å². The number of rotatable bonds is 4. The highest BCUT2D eigenvalue weighted by molar-refractivity contribution is 6.61. The maximum atomic E-state index is 9.59. The average Bonchev–Trinajstić information content (AvgIpc) is 2.89.